The molecule has 0 aromatic rings. The number of hydrogen-bond donors (Lipinski definition) is 2. The van der Waals surface area contributed by atoms with Crippen molar-refractivity contribution < 1.29 is 33.6 Å². The second kappa shape index (κ2) is 12.9. The van der Waals surface area contributed by atoms with Crippen LogP contribution in [0.4, 0.5) is 0 Å². The summed E-state index contributed by atoms with van der Waals surface area (Å²) in [5.74, 6) is -2.28. The predicted molar refractivity (Wildman–Crippen MR) is 133 cm³/mol. The molecule has 9 heteroatoms. The first-order chi connectivity index (χ1) is 16.3. The van der Waals surface area contributed by atoms with E-state index < -0.39 is 41.9 Å². The molecule has 2 rings (SSSR count). The molecule has 2 fully saturated rings. The third kappa shape index (κ3) is 7.46. The highest BCUT2D eigenvalue weighted by molar-refractivity contribution is 5.99. The number of likely N-dealkylation sites (N-methyl/N-ethyl adjacent to an activating group) is 1. The first kappa shape index (κ1) is 30.1. The average molecular weight is 501 g/mol. The summed E-state index contributed by atoms with van der Waals surface area (Å²) in [6, 6.07) is -0.140. The molecule has 4 unspecified atom stereocenters. The number of esters is 1. The van der Waals surface area contributed by atoms with E-state index in [-0.39, 0.29) is 36.5 Å². The summed E-state index contributed by atoms with van der Waals surface area (Å²) in [4.78, 5) is 28.2. The predicted octanol–water partition coefficient (Wildman–Crippen LogP) is 2.00. The maximum atomic E-state index is 13.5. The highest BCUT2D eigenvalue weighted by atomic mass is 16.7. The van der Waals surface area contributed by atoms with Crippen molar-refractivity contribution in [2.45, 2.75) is 103 Å². The summed E-state index contributed by atoms with van der Waals surface area (Å²) in [6.07, 6.45) is -0.653. The molecular weight excluding hydrogens is 452 g/mol. The summed E-state index contributed by atoms with van der Waals surface area (Å²) in [6.45, 7) is 12.3. The third-order valence-electron chi connectivity index (χ3n) is 7.74. The third-order valence-corrected chi connectivity index (χ3v) is 7.74. The second-order valence-corrected chi connectivity index (χ2v) is 11.0. The van der Waals surface area contributed by atoms with E-state index in [0.29, 0.717) is 19.4 Å². The van der Waals surface area contributed by atoms with Crippen LogP contribution < -0.4 is 5.32 Å². The zero-order valence-electron chi connectivity index (χ0n) is 23.1. The van der Waals surface area contributed by atoms with Gasteiger partial charge in [-0.05, 0) is 66.6 Å². The molecule has 2 aliphatic heterocycles. The highest BCUT2D eigenvalue weighted by Crippen LogP contribution is 2.36. The van der Waals surface area contributed by atoms with Crippen LogP contribution >= 0.6 is 0 Å². The van der Waals surface area contributed by atoms with Gasteiger partial charge in [-0.3, -0.25) is 9.59 Å². The van der Waals surface area contributed by atoms with Crippen LogP contribution in [0.2, 0.25) is 0 Å². The van der Waals surface area contributed by atoms with Gasteiger partial charge in [-0.25, -0.2) is 0 Å². The van der Waals surface area contributed by atoms with Gasteiger partial charge in [0.25, 0.3) is 0 Å². The summed E-state index contributed by atoms with van der Waals surface area (Å²) in [5.41, 5.74) is -0.868. The van der Waals surface area contributed by atoms with Crippen LogP contribution in [-0.4, -0.2) is 98.4 Å². The number of carbonyl (C=O) groups is 2. The zero-order valence-corrected chi connectivity index (χ0v) is 23.1. The Balaban J connectivity index is 2.43. The lowest BCUT2D eigenvalue weighted by atomic mass is 9.78. The summed E-state index contributed by atoms with van der Waals surface area (Å²) >= 11 is 0. The van der Waals surface area contributed by atoms with E-state index in [1.165, 1.54) is 0 Å². The first-order valence-corrected chi connectivity index (χ1v) is 13.0. The van der Waals surface area contributed by atoms with E-state index in [2.05, 4.69) is 12.2 Å². The van der Waals surface area contributed by atoms with Gasteiger partial charge in [-0.2, -0.15) is 0 Å². The smallest absolute Gasteiger partial charge is 0.316 e. The van der Waals surface area contributed by atoms with Crippen LogP contribution in [0.25, 0.3) is 0 Å². The number of ketones is 1. The van der Waals surface area contributed by atoms with Crippen LogP contribution in [-0.2, 0) is 28.5 Å². The minimum atomic E-state index is -0.946. The van der Waals surface area contributed by atoms with Crippen LogP contribution in [0.3, 0.4) is 0 Å². The molecule has 2 heterocycles. The largest absolute Gasteiger partial charge is 0.463 e. The van der Waals surface area contributed by atoms with E-state index in [0.717, 1.165) is 6.42 Å². The number of nitrogens with one attached hydrogen (secondary N) is 1. The van der Waals surface area contributed by atoms with Gasteiger partial charge in [0.05, 0.1) is 17.8 Å². The first-order valence-electron chi connectivity index (χ1n) is 13.0. The molecule has 2 aliphatic rings. The van der Waals surface area contributed by atoms with Crippen molar-refractivity contribution in [1.82, 2.24) is 10.2 Å². The van der Waals surface area contributed by atoms with Crippen LogP contribution in [0.5, 0.6) is 0 Å². The monoisotopic (exact) mass is 500 g/mol. The van der Waals surface area contributed by atoms with Crippen LogP contribution in [0.15, 0.2) is 0 Å². The Hall–Kier alpha value is -1.10. The minimum Gasteiger partial charge on any atom is -0.463 e. The number of cyclic esters (lactones) is 1. The molecule has 204 valence electrons. The Morgan fingerprint density at radius 3 is 2.43 bits per heavy atom. The molecule has 0 saturated carbocycles. The van der Waals surface area contributed by atoms with E-state index in [4.69, 9.17) is 18.9 Å². The molecule has 0 aromatic heterocycles. The van der Waals surface area contributed by atoms with Gasteiger partial charge in [0.2, 0.25) is 0 Å². The maximum Gasteiger partial charge on any atom is 0.316 e. The van der Waals surface area contributed by atoms with E-state index in [1.807, 2.05) is 39.8 Å². The molecule has 2 saturated heterocycles. The van der Waals surface area contributed by atoms with E-state index in [9.17, 15) is 14.7 Å². The van der Waals surface area contributed by atoms with Gasteiger partial charge in [-0.15, -0.1) is 0 Å². The number of methoxy groups -OCH3 is 1. The molecule has 0 bridgehead atoms. The number of rotatable bonds is 5. The Kier molecular flexibility index (Phi) is 11.1. The van der Waals surface area contributed by atoms with Gasteiger partial charge in [0, 0.05) is 25.1 Å². The molecule has 0 aliphatic carbocycles. The van der Waals surface area contributed by atoms with Gasteiger partial charge in [0.15, 0.2) is 12.1 Å². The Morgan fingerprint density at radius 2 is 1.86 bits per heavy atom. The minimum absolute atomic E-state index is 0.0120. The standard InChI is InChI=1S/C26H48N2O7/c1-10-19-14-33-24(31)18(5)21(29)17(4)23(26(6,32-9)12-15(2)13-27-19)35-25-22(30)20(28(7)8)11-16(3)34-25/h15-20,22-23,25,27,30H,10-14H2,1-9H3/t15-,16?,17+,18-,19-,20?,22?,23-,25?,26-/m1/s1. The molecule has 35 heavy (non-hydrogen) atoms. The van der Waals surface area contributed by atoms with Gasteiger partial charge in [-0.1, -0.05) is 20.8 Å². The van der Waals surface area contributed by atoms with Crippen LogP contribution in [0, 0.1) is 17.8 Å². The molecule has 0 amide bonds. The number of carbonyl (C=O) groups excluding carboxylic acids is 2. The van der Waals surface area contributed by atoms with Crippen LogP contribution in [0.1, 0.15) is 60.8 Å². The zero-order chi connectivity index (χ0) is 26.5. The Morgan fingerprint density at radius 1 is 1.20 bits per heavy atom. The second-order valence-electron chi connectivity index (χ2n) is 11.0. The molecule has 0 spiro atoms. The van der Waals surface area contributed by atoms with Crippen molar-refractivity contribution in [2.24, 2.45) is 17.8 Å². The fraction of sp³-hybridized carbons (Fsp3) is 0.923. The molecular formula is C26H48N2O7. The van der Waals surface area contributed by atoms with Gasteiger partial charge in [0.1, 0.15) is 18.6 Å². The molecule has 2 N–H and O–H groups in total. The maximum absolute atomic E-state index is 13.5. The number of nitrogens with zero attached hydrogens (tertiary/aromatic N) is 1. The van der Waals surface area contributed by atoms with Crippen molar-refractivity contribution in [3.8, 4) is 0 Å². The molecule has 0 aromatic carbocycles. The SMILES string of the molecule is CC[C@@H]1COC(=O)[C@H](C)C(=O)[C@H](C)[C@@H](OC2OC(C)CC(N(C)C)C2O)[C@](C)(OC)C[C@@H](C)CN1. The normalized spacial score (nSPS) is 42.7. The van der Waals surface area contributed by atoms with Crippen molar-refractivity contribution >= 4 is 11.8 Å². The topological polar surface area (TPSA) is 107 Å². The lowest BCUT2D eigenvalue weighted by Crippen LogP contribution is -2.59. The Bertz CT molecular complexity index is 705. The molecule has 0 radical (unpaired) electrons. The molecule has 9 nitrogen and oxygen atoms in total. The van der Waals surface area contributed by atoms with Crippen molar-refractivity contribution in [3.63, 3.8) is 0 Å². The average Bonchev–Trinajstić information content (AvgIpc) is 2.82. The van der Waals surface area contributed by atoms with Gasteiger partial charge >= 0.3 is 5.97 Å². The van der Waals surface area contributed by atoms with Gasteiger partial charge < -0.3 is 34.3 Å². The summed E-state index contributed by atoms with van der Waals surface area (Å²) < 4.78 is 24.0. The number of aliphatic hydroxyl groups is 1. The number of Topliss-reactive ketones (excluding diaryl/α,β-unsaturated/α-hetero) is 1. The Labute approximate surface area is 211 Å². The summed E-state index contributed by atoms with van der Waals surface area (Å²) in [5, 5.41) is 14.6. The lowest BCUT2D eigenvalue weighted by molar-refractivity contribution is -0.295. The van der Waals surface area contributed by atoms with Crippen molar-refractivity contribution in [1.29, 1.82) is 0 Å². The number of aliphatic hydroxyl groups excluding tert-OH is 1. The highest BCUT2D eigenvalue weighted by Gasteiger charge is 2.48. The lowest BCUT2D eigenvalue weighted by Gasteiger charge is -2.46. The fourth-order valence-electron chi connectivity index (χ4n) is 5.33. The fourth-order valence-corrected chi connectivity index (χ4v) is 5.33. The van der Waals surface area contributed by atoms with Crippen molar-refractivity contribution in [2.75, 3.05) is 34.4 Å². The number of hydrogen-bond acceptors (Lipinski definition) is 9. The molecule has 10 atom stereocenters. The van der Waals surface area contributed by atoms with Crippen molar-refractivity contribution in [3.05, 3.63) is 0 Å². The quantitative estimate of drug-likeness (QED) is 0.433. The van der Waals surface area contributed by atoms with E-state index in [1.54, 1.807) is 21.0 Å². The number of ether oxygens (including phenoxy) is 4. The summed E-state index contributed by atoms with van der Waals surface area (Å²) in [7, 11) is 5.44. The van der Waals surface area contributed by atoms with E-state index >= 15 is 0 Å².